The van der Waals surface area contributed by atoms with Crippen LogP contribution in [0.3, 0.4) is 0 Å². The van der Waals surface area contributed by atoms with Crippen LogP contribution in [0, 0.1) is 0 Å². The van der Waals surface area contributed by atoms with Crippen LogP contribution in [0.15, 0.2) is 51.8 Å². The standard InChI is InChI=1S/C15H13BrN2OS/c1-20-13-5-3-2-4-11(13)17-14-10-7-6-9(16)8-12(10)18-15(14)19/h2-8,14,17H,1H3,(H,18,19). The number of hydrogen-bond donors (Lipinski definition) is 2. The molecule has 1 heterocycles. The minimum atomic E-state index is -0.341. The first kappa shape index (κ1) is 13.5. The summed E-state index contributed by atoms with van der Waals surface area (Å²) in [6, 6.07) is 13.5. The van der Waals surface area contributed by atoms with Gasteiger partial charge < -0.3 is 10.6 Å². The van der Waals surface area contributed by atoms with Gasteiger partial charge in [0.1, 0.15) is 6.04 Å². The highest BCUT2D eigenvalue weighted by Gasteiger charge is 2.30. The number of rotatable bonds is 3. The maximum atomic E-state index is 12.2. The molecule has 3 nitrogen and oxygen atoms in total. The molecule has 0 bridgehead atoms. The SMILES string of the molecule is CSc1ccccc1NC1C(=O)Nc2cc(Br)ccc21. The number of para-hydroxylation sites is 1. The number of nitrogens with one attached hydrogen (secondary N) is 2. The zero-order chi connectivity index (χ0) is 14.1. The lowest BCUT2D eigenvalue weighted by Crippen LogP contribution is -2.19. The molecule has 20 heavy (non-hydrogen) atoms. The molecule has 102 valence electrons. The summed E-state index contributed by atoms with van der Waals surface area (Å²) in [5.41, 5.74) is 2.83. The number of hydrogen-bond acceptors (Lipinski definition) is 3. The van der Waals surface area contributed by atoms with E-state index in [4.69, 9.17) is 0 Å². The van der Waals surface area contributed by atoms with Crippen LogP contribution in [0.5, 0.6) is 0 Å². The number of carbonyl (C=O) groups is 1. The van der Waals surface area contributed by atoms with Gasteiger partial charge in [-0.15, -0.1) is 11.8 Å². The van der Waals surface area contributed by atoms with Gasteiger partial charge in [-0.1, -0.05) is 34.1 Å². The van der Waals surface area contributed by atoms with Crippen molar-refractivity contribution < 1.29 is 4.79 Å². The van der Waals surface area contributed by atoms with E-state index in [0.717, 1.165) is 26.3 Å². The summed E-state index contributed by atoms with van der Waals surface area (Å²) >= 11 is 5.08. The molecule has 5 heteroatoms. The molecule has 0 aliphatic carbocycles. The third-order valence-electron chi connectivity index (χ3n) is 3.25. The molecule has 0 saturated carbocycles. The first-order chi connectivity index (χ1) is 9.69. The molecule has 2 N–H and O–H groups in total. The summed E-state index contributed by atoms with van der Waals surface area (Å²) in [4.78, 5) is 13.3. The van der Waals surface area contributed by atoms with Gasteiger partial charge in [0, 0.05) is 26.3 Å². The van der Waals surface area contributed by atoms with E-state index in [1.807, 2.05) is 48.7 Å². The van der Waals surface area contributed by atoms with Crippen molar-refractivity contribution in [2.24, 2.45) is 0 Å². The van der Waals surface area contributed by atoms with Crippen molar-refractivity contribution in [2.45, 2.75) is 10.9 Å². The van der Waals surface area contributed by atoms with Crippen molar-refractivity contribution in [1.82, 2.24) is 0 Å². The topological polar surface area (TPSA) is 41.1 Å². The Labute approximate surface area is 130 Å². The van der Waals surface area contributed by atoms with E-state index in [1.54, 1.807) is 11.8 Å². The molecule has 1 aliphatic heterocycles. The fourth-order valence-corrected chi connectivity index (χ4v) is 3.22. The van der Waals surface area contributed by atoms with Crippen molar-refractivity contribution in [2.75, 3.05) is 16.9 Å². The molecule has 0 saturated heterocycles. The van der Waals surface area contributed by atoms with E-state index in [2.05, 4.69) is 26.6 Å². The van der Waals surface area contributed by atoms with Crippen molar-refractivity contribution in [1.29, 1.82) is 0 Å². The molecule has 3 rings (SSSR count). The summed E-state index contributed by atoms with van der Waals surface area (Å²) in [5, 5.41) is 6.25. The summed E-state index contributed by atoms with van der Waals surface area (Å²) < 4.78 is 0.960. The third kappa shape index (κ3) is 2.43. The molecule has 1 unspecified atom stereocenters. The molecule has 0 spiro atoms. The van der Waals surface area contributed by atoms with Gasteiger partial charge >= 0.3 is 0 Å². The minimum absolute atomic E-state index is 0.0194. The number of benzene rings is 2. The van der Waals surface area contributed by atoms with Gasteiger partial charge in [-0.05, 0) is 30.5 Å². The van der Waals surface area contributed by atoms with Crippen LogP contribution in [-0.2, 0) is 4.79 Å². The monoisotopic (exact) mass is 348 g/mol. The van der Waals surface area contributed by atoms with Crippen LogP contribution >= 0.6 is 27.7 Å². The third-order valence-corrected chi connectivity index (χ3v) is 4.54. The van der Waals surface area contributed by atoms with Crippen LogP contribution in [0.2, 0.25) is 0 Å². The smallest absolute Gasteiger partial charge is 0.251 e. The van der Waals surface area contributed by atoms with Crippen LogP contribution in [0.25, 0.3) is 0 Å². The maximum absolute atomic E-state index is 12.2. The van der Waals surface area contributed by atoms with Gasteiger partial charge in [-0.3, -0.25) is 4.79 Å². The molecular formula is C15H13BrN2OS. The highest BCUT2D eigenvalue weighted by atomic mass is 79.9. The first-order valence-electron chi connectivity index (χ1n) is 6.19. The molecule has 2 aromatic carbocycles. The lowest BCUT2D eigenvalue weighted by Gasteiger charge is -2.15. The highest BCUT2D eigenvalue weighted by molar-refractivity contribution is 9.10. The van der Waals surface area contributed by atoms with Crippen LogP contribution in [-0.4, -0.2) is 12.2 Å². The fraction of sp³-hybridized carbons (Fsp3) is 0.133. The number of anilines is 2. The fourth-order valence-electron chi connectivity index (χ4n) is 2.30. The number of amides is 1. The largest absolute Gasteiger partial charge is 0.369 e. The van der Waals surface area contributed by atoms with Crippen molar-refractivity contribution in [3.63, 3.8) is 0 Å². The van der Waals surface area contributed by atoms with Gasteiger partial charge in [-0.2, -0.15) is 0 Å². The number of carbonyl (C=O) groups excluding carboxylic acids is 1. The number of halogens is 1. The second-order valence-electron chi connectivity index (χ2n) is 4.50. The van der Waals surface area contributed by atoms with Gasteiger partial charge in [0.25, 0.3) is 5.91 Å². The van der Waals surface area contributed by atoms with E-state index in [0.29, 0.717) is 0 Å². The van der Waals surface area contributed by atoms with E-state index in [-0.39, 0.29) is 11.9 Å². The van der Waals surface area contributed by atoms with Gasteiger partial charge in [-0.25, -0.2) is 0 Å². The number of thioether (sulfide) groups is 1. The molecule has 2 aromatic rings. The van der Waals surface area contributed by atoms with E-state index < -0.39 is 0 Å². The Kier molecular flexibility index (Phi) is 3.72. The zero-order valence-corrected chi connectivity index (χ0v) is 13.2. The second kappa shape index (κ2) is 5.50. The quantitative estimate of drug-likeness (QED) is 0.813. The summed E-state index contributed by atoms with van der Waals surface area (Å²) in [5.74, 6) is -0.0194. The Morgan fingerprint density at radius 2 is 2.05 bits per heavy atom. The van der Waals surface area contributed by atoms with E-state index in [9.17, 15) is 4.79 Å². The predicted molar refractivity (Wildman–Crippen MR) is 87.4 cm³/mol. The summed E-state index contributed by atoms with van der Waals surface area (Å²) in [7, 11) is 0. The Balaban J connectivity index is 1.94. The van der Waals surface area contributed by atoms with Crippen LogP contribution < -0.4 is 10.6 Å². The molecule has 0 aromatic heterocycles. The van der Waals surface area contributed by atoms with Crippen molar-refractivity contribution >= 4 is 45.0 Å². The number of fused-ring (bicyclic) bond motifs is 1. The first-order valence-corrected chi connectivity index (χ1v) is 8.20. The average molecular weight is 349 g/mol. The minimum Gasteiger partial charge on any atom is -0.369 e. The Hall–Kier alpha value is -1.46. The summed E-state index contributed by atoms with van der Waals surface area (Å²) in [6.07, 6.45) is 2.03. The van der Waals surface area contributed by atoms with Crippen molar-refractivity contribution in [3.05, 3.63) is 52.5 Å². The lowest BCUT2D eigenvalue weighted by molar-refractivity contribution is -0.116. The lowest BCUT2D eigenvalue weighted by atomic mass is 10.1. The Morgan fingerprint density at radius 1 is 1.25 bits per heavy atom. The predicted octanol–water partition coefficient (Wildman–Crippen LogP) is 4.28. The van der Waals surface area contributed by atoms with Crippen molar-refractivity contribution in [3.8, 4) is 0 Å². The van der Waals surface area contributed by atoms with Gasteiger partial charge in [0.2, 0.25) is 0 Å². The molecule has 1 aliphatic rings. The van der Waals surface area contributed by atoms with E-state index in [1.165, 1.54) is 0 Å². The highest BCUT2D eigenvalue weighted by Crippen LogP contribution is 2.36. The Bertz CT molecular complexity index is 675. The normalized spacial score (nSPS) is 16.7. The zero-order valence-electron chi connectivity index (χ0n) is 10.8. The molecule has 0 fully saturated rings. The maximum Gasteiger partial charge on any atom is 0.251 e. The van der Waals surface area contributed by atoms with Crippen LogP contribution in [0.1, 0.15) is 11.6 Å². The molecule has 1 amide bonds. The Morgan fingerprint density at radius 3 is 2.85 bits per heavy atom. The molecular weight excluding hydrogens is 336 g/mol. The average Bonchev–Trinajstić information content (AvgIpc) is 2.75. The van der Waals surface area contributed by atoms with E-state index >= 15 is 0 Å². The second-order valence-corrected chi connectivity index (χ2v) is 6.26. The molecule has 0 radical (unpaired) electrons. The molecule has 1 atom stereocenters. The van der Waals surface area contributed by atoms with Crippen LogP contribution in [0.4, 0.5) is 11.4 Å². The summed E-state index contributed by atoms with van der Waals surface area (Å²) in [6.45, 7) is 0. The van der Waals surface area contributed by atoms with Gasteiger partial charge in [0.15, 0.2) is 0 Å². The van der Waals surface area contributed by atoms with Gasteiger partial charge in [0.05, 0.1) is 0 Å².